The molecule has 2 N–H and O–H groups in total. The molecule has 15 heavy (non-hydrogen) atoms. The van der Waals surface area contributed by atoms with Crippen molar-refractivity contribution in [2.75, 3.05) is 11.9 Å². The van der Waals surface area contributed by atoms with E-state index in [1.54, 1.807) is 18.2 Å². The average molecular weight is 209 g/mol. The Kier molecular flexibility index (Phi) is 2.65. The van der Waals surface area contributed by atoms with E-state index in [0.717, 1.165) is 12.8 Å². The van der Waals surface area contributed by atoms with E-state index >= 15 is 0 Å². The molecule has 2 rings (SSSR count). The topological polar surface area (TPSA) is 32.3 Å². The summed E-state index contributed by atoms with van der Waals surface area (Å²) in [5, 5.41) is 12.5. The van der Waals surface area contributed by atoms with Crippen LogP contribution in [0.4, 0.5) is 10.1 Å². The first-order valence-corrected chi connectivity index (χ1v) is 5.29. The third kappa shape index (κ3) is 2.12. The van der Waals surface area contributed by atoms with Crippen molar-refractivity contribution in [1.29, 1.82) is 0 Å². The highest BCUT2D eigenvalue weighted by molar-refractivity contribution is 5.47. The Bertz CT molecular complexity index is 351. The van der Waals surface area contributed by atoms with Crippen LogP contribution in [0.15, 0.2) is 24.3 Å². The van der Waals surface area contributed by atoms with Gasteiger partial charge >= 0.3 is 0 Å². The van der Waals surface area contributed by atoms with Gasteiger partial charge in [-0.25, -0.2) is 4.39 Å². The number of para-hydroxylation sites is 1. The Morgan fingerprint density at radius 2 is 2.13 bits per heavy atom. The molecule has 0 bridgehead atoms. The molecule has 0 amide bonds. The zero-order valence-corrected chi connectivity index (χ0v) is 8.83. The summed E-state index contributed by atoms with van der Waals surface area (Å²) in [4.78, 5) is 0. The van der Waals surface area contributed by atoms with Crippen LogP contribution < -0.4 is 5.32 Å². The number of rotatable bonds is 4. The van der Waals surface area contributed by atoms with Crippen molar-refractivity contribution in [2.45, 2.75) is 25.3 Å². The SMILES string of the molecule is CC(CO)(Nc1ccccc1F)C1CC1. The van der Waals surface area contributed by atoms with Crippen molar-refractivity contribution in [3.05, 3.63) is 30.1 Å². The van der Waals surface area contributed by atoms with Crippen molar-refractivity contribution in [3.63, 3.8) is 0 Å². The van der Waals surface area contributed by atoms with Crippen LogP contribution in [0.25, 0.3) is 0 Å². The van der Waals surface area contributed by atoms with Crippen molar-refractivity contribution in [3.8, 4) is 0 Å². The molecule has 0 radical (unpaired) electrons. The van der Waals surface area contributed by atoms with Gasteiger partial charge in [0.2, 0.25) is 0 Å². The average Bonchev–Trinajstić information content (AvgIpc) is 3.05. The van der Waals surface area contributed by atoms with Gasteiger partial charge in [-0.1, -0.05) is 12.1 Å². The lowest BCUT2D eigenvalue weighted by Crippen LogP contribution is -2.41. The summed E-state index contributed by atoms with van der Waals surface area (Å²) in [6, 6.07) is 6.57. The minimum atomic E-state index is -0.387. The van der Waals surface area contributed by atoms with Crippen LogP contribution >= 0.6 is 0 Å². The van der Waals surface area contributed by atoms with Crippen LogP contribution in [0.1, 0.15) is 19.8 Å². The fraction of sp³-hybridized carbons (Fsp3) is 0.500. The molecule has 3 heteroatoms. The molecule has 1 fully saturated rings. The van der Waals surface area contributed by atoms with Gasteiger partial charge < -0.3 is 10.4 Å². The van der Waals surface area contributed by atoms with Crippen LogP contribution in [0.3, 0.4) is 0 Å². The van der Waals surface area contributed by atoms with Crippen molar-refractivity contribution < 1.29 is 9.50 Å². The van der Waals surface area contributed by atoms with Gasteiger partial charge in [-0.05, 0) is 37.8 Å². The highest BCUT2D eigenvalue weighted by Crippen LogP contribution is 2.41. The van der Waals surface area contributed by atoms with Gasteiger partial charge in [-0.3, -0.25) is 0 Å². The highest BCUT2D eigenvalue weighted by atomic mass is 19.1. The number of aliphatic hydroxyl groups is 1. The molecular weight excluding hydrogens is 193 g/mol. The van der Waals surface area contributed by atoms with Gasteiger partial charge in [0.1, 0.15) is 5.82 Å². The maximum atomic E-state index is 13.4. The van der Waals surface area contributed by atoms with Crippen LogP contribution in [-0.2, 0) is 0 Å². The van der Waals surface area contributed by atoms with Gasteiger partial charge in [-0.2, -0.15) is 0 Å². The molecule has 1 aliphatic carbocycles. The van der Waals surface area contributed by atoms with Crippen LogP contribution in [-0.4, -0.2) is 17.3 Å². The number of benzene rings is 1. The number of hydrogen-bond acceptors (Lipinski definition) is 2. The van der Waals surface area contributed by atoms with E-state index in [-0.39, 0.29) is 18.0 Å². The molecule has 1 aromatic carbocycles. The van der Waals surface area contributed by atoms with Crippen LogP contribution in [0, 0.1) is 11.7 Å². The molecule has 0 aromatic heterocycles. The third-order valence-electron chi connectivity index (χ3n) is 3.10. The maximum Gasteiger partial charge on any atom is 0.146 e. The molecule has 1 aromatic rings. The Morgan fingerprint density at radius 3 is 2.67 bits per heavy atom. The lowest BCUT2D eigenvalue weighted by atomic mass is 9.96. The van der Waals surface area contributed by atoms with E-state index in [2.05, 4.69) is 5.32 Å². The van der Waals surface area contributed by atoms with Crippen LogP contribution in [0.5, 0.6) is 0 Å². The zero-order chi connectivity index (χ0) is 10.9. The van der Waals surface area contributed by atoms with E-state index in [1.807, 2.05) is 6.92 Å². The highest BCUT2D eigenvalue weighted by Gasteiger charge is 2.41. The molecule has 0 spiro atoms. The van der Waals surface area contributed by atoms with E-state index in [9.17, 15) is 9.50 Å². The first kappa shape index (κ1) is 10.4. The number of anilines is 1. The summed E-state index contributed by atoms with van der Waals surface area (Å²) in [5.74, 6) is 0.194. The second kappa shape index (κ2) is 3.81. The smallest absolute Gasteiger partial charge is 0.146 e. The lowest BCUT2D eigenvalue weighted by Gasteiger charge is -2.30. The fourth-order valence-electron chi connectivity index (χ4n) is 1.86. The van der Waals surface area contributed by atoms with Gasteiger partial charge in [-0.15, -0.1) is 0 Å². The quantitative estimate of drug-likeness (QED) is 0.798. The van der Waals surface area contributed by atoms with E-state index in [4.69, 9.17) is 0 Å². The Balaban J connectivity index is 2.16. The summed E-state index contributed by atoms with van der Waals surface area (Å²) in [5.41, 5.74) is 0.0864. The molecule has 1 aliphatic rings. The standard InChI is InChI=1S/C12H16FNO/c1-12(8-15,9-6-7-9)14-11-5-3-2-4-10(11)13/h2-5,9,14-15H,6-8H2,1H3. The van der Waals surface area contributed by atoms with Gasteiger partial charge in [0.15, 0.2) is 0 Å². The number of hydrogen-bond donors (Lipinski definition) is 2. The second-order valence-corrected chi connectivity index (χ2v) is 4.45. The molecule has 82 valence electrons. The Hall–Kier alpha value is -1.09. The molecule has 0 saturated heterocycles. The lowest BCUT2D eigenvalue weighted by molar-refractivity contribution is 0.205. The second-order valence-electron chi connectivity index (χ2n) is 4.45. The first-order valence-electron chi connectivity index (χ1n) is 5.29. The number of halogens is 1. The minimum Gasteiger partial charge on any atom is -0.394 e. The third-order valence-corrected chi connectivity index (χ3v) is 3.10. The molecule has 0 aliphatic heterocycles. The van der Waals surface area contributed by atoms with Crippen LogP contribution in [0.2, 0.25) is 0 Å². The summed E-state index contributed by atoms with van der Waals surface area (Å²) < 4.78 is 13.4. The van der Waals surface area contributed by atoms with Gasteiger partial charge in [0.25, 0.3) is 0 Å². The monoisotopic (exact) mass is 209 g/mol. The molecule has 1 unspecified atom stereocenters. The van der Waals surface area contributed by atoms with Crippen molar-refractivity contribution in [1.82, 2.24) is 0 Å². The summed E-state index contributed by atoms with van der Waals surface area (Å²) in [7, 11) is 0. The molecular formula is C12H16FNO. The molecule has 2 nitrogen and oxygen atoms in total. The van der Waals surface area contributed by atoms with Gasteiger partial charge in [0, 0.05) is 0 Å². The Morgan fingerprint density at radius 1 is 1.47 bits per heavy atom. The predicted octanol–water partition coefficient (Wildman–Crippen LogP) is 2.40. The van der Waals surface area contributed by atoms with Crippen molar-refractivity contribution in [2.24, 2.45) is 5.92 Å². The minimum absolute atomic E-state index is 0.0337. The van der Waals surface area contributed by atoms with E-state index < -0.39 is 0 Å². The largest absolute Gasteiger partial charge is 0.394 e. The first-order chi connectivity index (χ1) is 7.15. The molecule has 0 heterocycles. The number of aliphatic hydroxyl groups excluding tert-OH is 1. The van der Waals surface area contributed by atoms with E-state index in [0.29, 0.717) is 11.6 Å². The van der Waals surface area contributed by atoms with Gasteiger partial charge in [0.05, 0.1) is 17.8 Å². The zero-order valence-electron chi connectivity index (χ0n) is 8.83. The van der Waals surface area contributed by atoms with E-state index in [1.165, 1.54) is 6.07 Å². The summed E-state index contributed by atoms with van der Waals surface area (Å²) in [6.07, 6.45) is 2.22. The normalized spacial score (nSPS) is 19.7. The maximum absolute atomic E-state index is 13.4. The summed E-state index contributed by atoms with van der Waals surface area (Å²) >= 11 is 0. The predicted molar refractivity (Wildman–Crippen MR) is 58.2 cm³/mol. The number of nitrogens with one attached hydrogen (secondary N) is 1. The summed E-state index contributed by atoms with van der Waals surface area (Å²) in [6.45, 7) is 1.98. The molecule has 1 atom stereocenters. The Labute approximate surface area is 89.1 Å². The van der Waals surface area contributed by atoms with Crippen molar-refractivity contribution >= 4 is 5.69 Å². The molecule has 1 saturated carbocycles. The fourth-order valence-corrected chi connectivity index (χ4v) is 1.86.